The van der Waals surface area contributed by atoms with E-state index in [9.17, 15) is 14.4 Å². The molecule has 1 unspecified atom stereocenters. The average molecular weight is 951 g/mol. The summed E-state index contributed by atoms with van der Waals surface area (Å²) in [4.78, 5) is 38.1. The number of ether oxygens (including phenoxy) is 3. The second kappa shape index (κ2) is 55.9. The van der Waals surface area contributed by atoms with Crippen molar-refractivity contribution in [1.29, 1.82) is 0 Å². The van der Waals surface area contributed by atoms with E-state index in [1.807, 2.05) is 24.3 Å². The molecule has 0 bridgehead atoms. The average Bonchev–Trinajstić information content (AvgIpc) is 3.35. The molecular weight excluding hydrogens is 853 g/mol. The Kier molecular flexibility index (Phi) is 52.1. The van der Waals surface area contributed by atoms with Gasteiger partial charge >= 0.3 is 17.9 Å². The van der Waals surface area contributed by atoms with Crippen LogP contribution in [0.15, 0.2) is 146 Å². The monoisotopic (exact) mass is 951 g/mol. The van der Waals surface area contributed by atoms with Gasteiger partial charge in [0, 0.05) is 19.3 Å². The second-order valence-corrected chi connectivity index (χ2v) is 17.7. The molecule has 0 rings (SSSR count). The predicted molar refractivity (Wildman–Crippen MR) is 297 cm³/mol. The van der Waals surface area contributed by atoms with Gasteiger partial charge in [-0.15, -0.1) is 0 Å². The zero-order chi connectivity index (χ0) is 50.0. The maximum atomic E-state index is 12.8. The minimum Gasteiger partial charge on any atom is -0.462 e. The number of rotatable bonds is 47. The smallest absolute Gasteiger partial charge is 0.306 e. The van der Waals surface area contributed by atoms with Crippen molar-refractivity contribution in [1.82, 2.24) is 0 Å². The van der Waals surface area contributed by atoms with Crippen LogP contribution in [0.3, 0.4) is 0 Å². The van der Waals surface area contributed by atoms with Gasteiger partial charge in [0.2, 0.25) is 0 Å². The third-order valence-corrected chi connectivity index (χ3v) is 11.1. The zero-order valence-corrected chi connectivity index (χ0v) is 44.0. The largest absolute Gasteiger partial charge is 0.462 e. The molecular formula is C63H98O6. The molecule has 1 atom stereocenters. The number of hydrogen-bond donors (Lipinski definition) is 0. The van der Waals surface area contributed by atoms with E-state index in [4.69, 9.17) is 14.2 Å². The lowest BCUT2D eigenvalue weighted by molar-refractivity contribution is -0.167. The van der Waals surface area contributed by atoms with Crippen molar-refractivity contribution in [2.24, 2.45) is 0 Å². The van der Waals surface area contributed by atoms with E-state index < -0.39 is 6.10 Å². The highest BCUT2D eigenvalue weighted by molar-refractivity contribution is 5.71. The molecule has 69 heavy (non-hydrogen) atoms. The standard InChI is InChI=1S/C63H98O6/c1-4-7-10-13-16-19-22-25-28-30-32-35-38-41-44-47-50-53-56-62(65)68-59-60(58-67-61(64)55-52-49-46-43-40-37-34-27-24-21-18-15-12-9-6-3)69-63(66)57-54-51-48-45-42-39-36-33-31-29-26-23-20-17-14-11-8-5-2/h9,12,15-36,60H,4-8,10-11,13-14,37-59H2,1-3H3/b12-9-,18-15-,19-16-,20-17-,24-21-,25-22-,26-23-,30-28-,31-29-,34-27-,35-32-,36-33-. The molecule has 6 nitrogen and oxygen atoms in total. The third-order valence-electron chi connectivity index (χ3n) is 11.1. The Bertz CT molecular complexity index is 1560. The van der Waals surface area contributed by atoms with E-state index in [2.05, 4.69) is 142 Å². The van der Waals surface area contributed by atoms with E-state index in [1.165, 1.54) is 38.5 Å². The van der Waals surface area contributed by atoms with Crippen molar-refractivity contribution >= 4 is 17.9 Å². The minimum absolute atomic E-state index is 0.115. The van der Waals surface area contributed by atoms with Crippen molar-refractivity contribution < 1.29 is 28.6 Å². The Morgan fingerprint density at radius 1 is 0.304 bits per heavy atom. The lowest BCUT2D eigenvalue weighted by Crippen LogP contribution is -2.30. The molecule has 0 aliphatic heterocycles. The number of hydrogen-bond acceptors (Lipinski definition) is 6. The first-order valence-corrected chi connectivity index (χ1v) is 27.5. The van der Waals surface area contributed by atoms with Gasteiger partial charge in [0.25, 0.3) is 0 Å². The molecule has 0 heterocycles. The lowest BCUT2D eigenvalue weighted by atomic mass is 10.1. The first-order chi connectivity index (χ1) is 34.0. The Labute approximate surface area is 423 Å². The van der Waals surface area contributed by atoms with Crippen molar-refractivity contribution in [3.05, 3.63) is 146 Å². The highest BCUT2D eigenvalue weighted by atomic mass is 16.6. The fourth-order valence-corrected chi connectivity index (χ4v) is 6.95. The lowest BCUT2D eigenvalue weighted by Gasteiger charge is -2.18. The minimum atomic E-state index is -0.818. The molecule has 0 aromatic rings. The SMILES string of the molecule is CC\C=C/C=C\C=C/C=C\CCCCCCCC(=O)OCC(COC(=O)CCCCCCC\C=C/C=C\C=C/C=C\CCCCC)OC(=O)CCCCCCC\C=C/C=C\C=C/C=C\CCCCC. The van der Waals surface area contributed by atoms with Crippen LogP contribution in [-0.4, -0.2) is 37.2 Å². The van der Waals surface area contributed by atoms with Gasteiger partial charge in [-0.2, -0.15) is 0 Å². The summed E-state index contributed by atoms with van der Waals surface area (Å²) in [6.45, 7) is 6.35. The van der Waals surface area contributed by atoms with Gasteiger partial charge in [0.05, 0.1) is 0 Å². The normalized spacial score (nSPS) is 13.3. The van der Waals surface area contributed by atoms with Crippen LogP contribution < -0.4 is 0 Å². The molecule has 0 fully saturated rings. The van der Waals surface area contributed by atoms with Gasteiger partial charge in [0.15, 0.2) is 6.10 Å². The number of unbranched alkanes of at least 4 members (excludes halogenated alkanes) is 21. The van der Waals surface area contributed by atoms with Gasteiger partial charge < -0.3 is 14.2 Å². The molecule has 0 saturated carbocycles. The van der Waals surface area contributed by atoms with E-state index in [1.54, 1.807) is 0 Å². The van der Waals surface area contributed by atoms with Gasteiger partial charge in [-0.3, -0.25) is 14.4 Å². The highest BCUT2D eigenvalue weighted by Gasteiger charge is 2.19. The molecule has 0 amide bonds. The summed E-state index contributed by atoms with van der Waals surface area (Å²) >= 11 is 0. The second-order valence-electron chi connectivity index (χ2n) is 17.7. The van der Waals surface area contributed by atoms with Gasteiger partial charge in [0.1, 0.15) is 13.2 Å². The Morgan fingerprint density at radius 3 is 0.884 bits per heavy atom. The van der Waals surface area contributed by atoms with Gasteiger partial charge in [-0.1, -0.05) is 250 Å². The Balaban J connectivity index is 4.57. The topological polar surface area (TPSA) is 78.9 Å². The van der Waals surface area contributed by atoms with Gasteiger partial charge in [-0.25, -0.2) is 0 Å². The van der Waals surface area contributed by atoms with E-state index in [-0.39, 0.29) is 37.5 Å². The molecule has 0 saturated heterocycles. The molecule has 386 valence electrons. The zero-order valence-electron chi connectivity index (χ0n) is 44.0. The van der Waals surface area contributed by atoms with Crippen LogP contribution in [-0.2, 0) is 28.6 Å². The van der Waals surface area contributed by atoms with Crippen LogP contribution in [0.1, 0.15) is 213 Å². The maximum absolute atomic E-state index is 12.8. The molecule has 0 N–H and O–H groups in total. The fraction of sp³-hybridized carbons (Fsp3) is 0.571. The van der Waals surface area contributed by atoms with E-state index in [0.717, 1.165) is 135 Å². The van der Waals surface area contributed by atoms with Crippen molar-refractivity contribution in [2.75, 3.05) is 13.2 Å². The Hall–Kier alpha value is -4.71. The van der Waals surface area contributed by atoms with Crippen LogP contribution in [0, 0.1) is 0 Å². The highest BCUT2D eigenvalue weighted by Crippen LogP contribution is 2.13. The maximum Gasteiger partial charge on any atom is 0.306 e. The first-order valence-electron chi connectivity index (χ1n) is 27.5. The van der Waals surface area contributed by atoms with E-state index in [0.29, 0.717) is 12.8 Å². The molecule has 0 radical (unpaired) electrons. The summed E-state index contributed by atoms with van der Waals surface area (Å²) in [5.74, 6) is -0.990. The molecule has 6 heteroatoms. The van der Waals surface area contributed by atoms with Crippen LogP contribution in [0.25, 0.3) is 0 Å². The molecule has 0 aliphatic rings. The third kappa shape index (κ3) is 54.1. The molecule has 0 spiro atoms. The summed E-state index contributed by atoms with van der Waals surface area (Å²) < 4.78 is 16.8. The van der Waals surface area contributed by atoms with Crippen molar-refractivity contribution in [3.63, 3.8) is 0 Å². The first kappa shape index (κ1) is 64.3. The molecule has 0 aromatic carbocycles. The van der Waals surface area contributed by atoms with Crippen LogP contribution in [0.2, 0.25) is 0 Å². The summed E-state index contributed by atoms with van der Waals surface area (Å²) in [6, 6.07) is 0. The van der Waals surface area contributed by atoms with Crippen molar-refractivity contribution in [3.8, 4) is 0 Å². The van der Waals surface area contributed by atoms with Crippen molar-refractivity contribution in [2.45, 2.75) is 219 Å². The quantitative estimate of drug-likeness (QED) is 0.0262. The number of carbonyl (C=O) groups is 3. The van der Waals surface area contributed by atoms with E-state index >= 15 is 0 Å². The number of carbonyl (C=O) groups excluding carboxylic acids is 3. The molecule has 0 aromatic heterocycles. The summed E-state index contributed by atoms with van der Waals surface area (Å²) in [6.07, 6.45) is 79.6. The number of esters is 3. The predicted octanol–water partition coefficient (Wildman–Crippen LogP) is 18.4. The summed E-state index contributed by atoms with van der Waals surface area (Å²) in [5.41, 5.74) is 0. The van der Waals surface area contributed by atoms with Gasteiger partial charge in [-0.05, 0) is 89.9 Å². The summed E-state index contributed by atoms with van der Waals surface area (Å²) in [5, 5.41) is 0. The summed E-state index contributed by atoms with van der Waals surface area (Å²) in [7, 11) is 0. The number of allylic oxidation sites excluding steroid dienone is 24. The Morgan fingerprint density at radius 2 is 0.565 bits per heavy atom. The van der Waals surface area contributed by atoms with Crippen LogP contribution >= 0.6 is 0 Å². The van der Waals surface area contributed by atoms with Crippen LogP contribution in [0.5, 0.6) is 0 Å². The molecule has 0 aliphatic carbocycles. The van der Waals surface area contributed by atoms with Crippen LogP contribution in [0.4, 0.5) is 0 Å². The fourth-order valence-electron chi connectivity index (χ4n) is 6.95.